The molecule has 1 aliphatic carbocycles. The van der Waals surface area contributed by atoms with Gasteiger partial charge in [0.1, 0.15) is 36.6 Å². The molecule has 0 spiro atoms. The molecule has 40 heavy (non-hydrogen) atoms. The third kappa shape index (κ3) is 11.7. The van der Waals surface area contributed by atoms with E-state index in [1.165, 1.54) is 57.8 Å². The lowest BCUT2D eigenvalue weighted by atomic mass is 9.84. The van der Waals surface area contributed by atoms with E-state index in [-0.39, 0.29) is 6.54 Å². The number of nitrogens with two attached hydrogens (primary N) is 4. The van der Waals surface area contributed by atoms with E-state index < -0.39 is 61.0 Å². The van der Waals surface area contributed by atoms with Crippen LogP contribution in [0.3, 0.4) is 0 Å². The van der Waals surface area contributed by atoms with Crippen LogP contribution < -0.4 is 22.9 Å². The van der Waals surface area contributed by atoms with E-state index in [1.54, 1.807) is 0 Å². The molecular weight excluding hydrogens is 512 g/mol. The van der Waals surface area contributed by atoms with Gasteiger partial charge in [0.2, 0.25) is 0 Å². The molecule has 10 N–H and O–H groups in total. The third-order valence-corrected chi connectivity index (χ3v) is 8.42. The van der Waals surface area contributed by atoms with Gasteiger partial charge in [-0.05, 0) is 19.3 Å². The maximum Gasteiger partial charge on any atom is 0.176 e. The van der Waals surface area contributed by atoms with E-state index in [0.29, 0.717) is 19.6 Å². The van der Waals surface area contributed by atoms with E-state index >= 15 is 0 Å². The van der Waals surface area contributed by atoms with Crippen molar-refractivity contribution in [3.63, 3.8) is 0 Å². The van der Waals surface area contributed by atoms with Gasteiger partial charge in [-0.3, -0.25) is 0 Å². The van der Waals surface area contributed by atoms with Crippen molar-refractivity contribution in [1.29, 1.82) is 0 Å². The Morgan fingerprint density at radius 3 is 1.65 bits per heavy atom. The average Bonchev–Trinajstić information content (AvgIpc) is 2.93. The molecule has 1 aliphatic heterocycles. The van der Waals surface area contributed by atoms with E-state index in [2.05, 4.69) is 13.8 Å². The van der Waals surface area contributed by atoms with E-state index in [9.17, 15) is 10.2 Å². The molecule has 0 unspecified atom stereocenters. The Hall–Kier alpha value is -0.400. The van der Waals surface area contributed by atoms with Crippen molar-refractivity contribution < 1.29 is 29.2 Å². The van der Waals surface area contributed by atoms with Gasteiger partial charge in [0.15, 0.2) is 6.29 Å². The lowest BCUT2D eigenvalue weighted by Gasteiger charge is -2.47. The highest BCUT2D eigenvalue weighted by Gasteiger charge is 2.49. The van der Waals surface area contributed by atoms with Crippen LogP contribution in [0.2, 0.25) is 0 Å². The maximum atomic E-state index is 11.2. The van der Waals surface area contributed by atoms with Crippen LogP contribution in [0.4, 0.5) is 0 Å². The topological polar surface area (TPSA) is 181 Å². The first-order chi connectivity index (χ1) is 19.3. The van der Waals surface area contributed by atoms with Crippen molar-refractivity contribution in [1.82, 2.24) is 0 Å². The number of aliphatic hydroxyl groups is 2. The molecule has 10 heteroatoms. The third-order valence-electron chi connectivity index (χ3n) is 8.42. The molecule has 0 amide bonds. The number of ether oxygens (including phenoxy) is 4. The second-order valence-corrected chi connectivity index (χ2v) is 11.9. The number of hydrogen-bond donors (Lipinski definition) is 6. The van der Waals surface area contributed by atoms with Crippen LogP contribution in [-0.2, 0) is 18.9 Å². The Labute approximate surface area is 243 Å². The molecule has 0 aromatic heterocycles. The summed E-state index contributed by atoms with van der Waals surface area (Å²) >= 11 is 0. The summed E-state index contributed by atoms with van der Waals surface area (Å²) in [7, 11) is 0. The molecule has 1 saturated carbocycles. The Bertz CT molecular complexity index is 635. The van der Waals surface area contributed by atoms with Crippen LogP contribution in [0.5, 0.6) is 0 Å². The van der Waals surface area contributed by atoms with Crippen LogP contribution in [-0.4, -0.2) is 91.0 Å². The van der Waals surface area contributed by atoms with Crippen LogP contribution >= 0.6 is 0 Å². The zero-order valence-corrected chi connectivity index (χ0v) is 25.3. The minimum absolute atomic E-state index is 0.0821. The summed E-state index contributed by atoms with van der Waals surface area (Å²) in [6.07, 6.45) is 11.2. The fourth-order valence-electron chi connectivity index (χ4n) is 5.86. The van der Waals surface area contributed by atoms with Gasteiger partial charge < -0.3 is 52.1 Å². The smallest absolute Gasteiger partial charge is 0.176 e. The fraction of sp³-hybridized carbons (Fsp3) is 1.00. The summed E-state index contributed by atoms with van der Waals surface area (Å²) in [4.78, 5) is 0. The summed E-state index contributed by atoms with van der Waals surface area (Å²) < 4.78 is 24.2. The van der Waals surface area contributed by atoms with Gasteiger partial charge in [-0.1, -0.05) is 90.9 Å². The van der Waals surface area contributed by atoms with Crippen molar-refractivity contribution in [2.75, 3.05) is 19.8 Å². The van der Waals surface area contributed by atoms with Crippen molar-refractivity contribution in [2.45, 2.75) is 171 Å². The first-order valence-electron chi connectivity index (χ1n) is 16.2. The highest BCUT2D eigenvalue weighted by Crippen LogP contribution is 2.29. The Morgan fingerprint density at radius 2 is 1.12 bits per heavy atom. The van der Waals surface area contributed by atoms with E-state index in [4.69, 9.17) is 41.9 Å². The lowest BCUT2D eigenvalue weighted by Crippen LogP contribution is -2.68. The van der Waals surface area contributed by atoms with Crippen molar-refractivity contribution in [2.24, 2.45) is 22.9 Å². The molecule has 2 fully saturated rings. The monoisotopic (exact) mass is 574 g/mol. The first kappa shape index (κ1) is 35.8. The molecule has 0 bridgehead atoms. The number of unbranched alkanes of at least 4 members (excludes halogenated alkanes) is 12. The number of aliphatic hydroxyl groups excluding tert-OH is 2. The Morgan fingerprint density at radius 1 is 0.650 bits per heavy atom. The molecule has 238 valence electrons. The van der Waals surface area contributed by atoms with Crippen molar-refractivity contribution >= 4 is 0 Å². The van der Waals surface area contributed by atoms with E-state index in [1.807, 2.05) is 0 Å². The van der Waals surface area contributed by atoms with Crippen LogP contribution in [0, 0.1) is 0 Å². The molecule has 2 aliphatic rings. The van der Waals surface area contributed by atoms with Gasteiger partial charge in [-0.2, -0.15) is 0 Å². The molecule has 10 atom stereocenters. The summed E-state index contributed by atoms with van der Waals surface area (Å²) in [6, 6.07) is -1.69. The fourth-order valence-corrected chi connectivity index (χ4v) is 5.86. The predicted molar refractivity (Wildman–Crippen MR) is 159 cm³/mol. The van der Waals surface area contributed by atoms with Gasteiger partial charge in [0.05, 0.1) is 6.04 Å². The number of rotatable bonds is 21. The summed E-state index contributed by atoms with van der Waals surface area (Å²) in [6.45, 7) is 5.51. The summed E-state index contributed by atoms with van der Waals surface area (Å²) in [5, 5.41) is 22.0. The molecule has 0 aromatic rings. The predicted octanol–water partition coefficient (Wildman–Crippen LogP) is 2.43. The minimum atomic E-state index is -1.03. The lowest BCUT2D eigenvalue weighted by molar-refractivity contribution is -0.294. The van der Waals surface area contributed by atoms with Crippen LogP contribution in [0.15, 0.2) is 0 Å². The zero-order valence-electron chi connectivity index (χ0n) is 25.3. The second-order valence-electron chi connectivity index (χ2n) is 11.9. The summed E-state index contributed by atoms with van der Waals surface area (Å²) in [5.74, 6) is 0. The normalized spacial score (nSPS) is 34.8. The highest BCUT2D eigenvalue weighted by atomic mass is 16.7. The van der Waals surface area contributed by atoms with Crippen molar-refractivity contribution in [3.8, 4) is 0 Å². The summed E-state index contributed by atoms with van der Waals surface area (Å²) in [5.41, 5.74) is 25.1. The molecular formula is C30H62N4O6. The van der Waals surface area contributed by atoms with Gasteiger partial charge in [-0.15, -0.1) is 0 Å². The number of hydrogen-bond acceptors (Lipinski definition) is 10. The van der Waals surface area contributed by atoms with Crippen LogP contribution in [0.1, 0.15) is 110 Å². The molecule has 10 nitrogen and oxygen atoms in total. The standard InChI is InChI=1S/C30H62N4O6/c1-3-5-7-9-10-11-12-14-16-17-37-27-21(32)19-22(33)28(26(27)36)40-30-24(34)29(25(35)23(20-31)39-30)38-18-15-13-8-6-4-2/h21-30,35-36H,3-20,31-34H2,1-2H3/t21-,22+,23-,24-,25-,26-,27+,28-,29-,30-/m1/s1. The molecule has 2 rings (SSSR count). The average molecular weight is 575 g/mol. The minimum Gasteiger partial charge on any atom is -0.388 e. The zero-order chi connectivity index (χ0) is 29.3. The SMILES string of the molecule is CCCCCCCCCCCO[C@@H]1[C@@H](O)[C@H](O[C@H]2O[C@H](CN)[C@@H](O)[C@H](OCCCCCCC)[C@H]2N)[C@@H](N)C[C@H]1N. The molecule has 0 aromatic carbocycles. The largest absolute Gasteiger partial charge is 0.388 e. The maximum absolute atomic E-state index is 11.2. The van der Waals surface area contributed by atoms with Crippen LogP contribution in [0.25, 0.3) is 0 Å². The van der Waals surface area contributed by atoms with E-state index in [0.717, 1.165) is 32.1 Å². The first-order valence-corrected chi connectivity index (χ1v) is 16.2. The Balaban J connectivity index is 1.85. The molecule has 1 saturated heterocycles. The van der Waals surface area contributed by atoms with Gasteiger partial charge >= 0.3 is 0 Å². The Kier molecular flexibility index (Phi) is 18.3. The van der Waals surface area contributed by atoms with Gasteiger partial charge in [0.25, 0.3) is 0 Å². The van der Waals surface area contributed by atoms with Gasteiger partial charge in [0, 0.05) is 31.8 Å². The second kappa shape index (κ2) is 20.5. The highest BCUT2D eigenvalue weighted by molar-refractivity contribution is 5.00. The van der Waals surface area contributed by atoms with Crippen molar-refractivity contribution in [3.05, 3.63) is 0 Å². The quantitative estimate of drug-likeness (QED) is 0.111. The molecule has 1 heterocycles. The van der Waals surface area contributed by atoms with Gasteiger partial charge in [-0.25, -0.2) is 0 Å². The molecule has 0 radical (unpaired) electrons.